The molecule has 2 N–H and O–H groups in total. The van der Waals surface area contributed by atoms with Gasteiger partial charge in [-0.05, 0) is 45.1 Å². The Morgan fingerprint density at radius 3 is 2.71 bits per heavy atom. The van der Waals surface area contributed by atoms with Gasteiger partial charge in [0.15, 0.2) is 0 Å². The van der Waals surface area contributed by atoms with Crippen LogP contribution in [0.2, 0.25) is 5.02 Å². The number of amides is 2. The minimum Gasteiger partial charge on any atom is -0.370 e. The number of carbonyl (C=O) groups is 1. The molecule has 1 aliphatic heterocycles. The third kappa shape index (κ3) is 4.79. The molecule has 0 radical (unpaired) electrons. The maximum absolute atomic E-state index is 12.0. The zero-order valence-corrected chi connectivity index (χ0v) is 13.4. The number of benzene rings is 1. The highest BCUT2D eigenvalue weighted by atomic mass is 35.5. The fraction of sp³-hybridized carbons (Fsp3) is 0.533. The Balaban J connectivity index is 2.00. The summed E-state index contributed by atoms with van der Waals surface area (Å²) in [5.74, 6) is 0. The number of urea groups is 1. The molecule has 0 spiro atoms. The molecular weight excluding hydrogens is 288 g/mol. The van der Waals surface area contributed by atoms with Gasteiger partial charge in [-0.3, -0.25) is 0 Å². The third-order valence-electron chi connectivity index (χ3n) is 3.50. The fourth-order valence-electron chi connectivity index (χ4n) is 2.40. The van der Waals surface area contributed by atoms with Gasteiger partial charge in [-0.15, -0.1) is 0 Å². The molecule has 1 aliphatic rings. The second kappa shape index (κ2) is 7.52. The molecule has 116 valence electrons. The summed E-state index contributed by atoms with van der Waals surface area (Å²) >= 11 is 6.06. The lowest BCUT2D eigenvalue weighted by atomic mass is 10.2. The molecule has 0 aromatic heterocycles. The molecule has 5 nitrogen and oxygen atoms in total. The Kier molecular flexibility index (Phi) is 5.70. The van der Waals surface area contributed by atoms with E-state index in [1.807, 2.05) is 31.1 Å². The lowest BCUT2D eigenvalue weighted by Crippen LogP contribution is -2.34. The van der Waals surface area contributed by atoms with Gasteiger partial charge in [0.25, 0.3) is 0 Å². The molecule has 2 rings (SSSR count). The first-order chi connectivity index (χ1) is 10.1. The van der Waals surface area contributed by atoms with Crippen LogP contribution >= 0.6 is 11.6 Å². The quantitative estimate of drug-likeness (QED) is 0.879. The van der Waals surface area contributed by atoms with E-state index in [4.69, 9.17) is 11.6 Å². The molecule has 1 aromatic rings. The van der Waals surface area contributed by atoms with E-state index in [1.165, 1.54) is 12.8 Å². The van der Waals surface area contributed by atoms with Crippen molar-refractivity contribution in [1.82, 2.24) is 10.2 Å². The number of anilines is 2. The number of nitrogens with one attached hydrogen (secondary N) is 2. The average Bonchev–Trinajstić information content (AvgIpc) is 2.92. The van der Waals surface area contributed by atoms with E-state index >= 15 is 0 Å². The third-order valence-corrected chi connectivity index (χ3v) is 3.73. The number of nitrogens with zero attached hydrogens (tertiary/aromatic N) is 2. The summed E-state index contributed by atoms with van der Waals surface area (Å²) in [5.41, 5.74) is 1.81. The Bertz CT molecular complexity index is 487. The van der Waals surface area contributed by atoms with Gasteiger partial charge in [0.1, 0.15) is 0 Å². The van der Waals surface area contributed by atoms with Crippen LogP contribution < -0.4 is 15.5 Å². The molecule has 21 heavy (non-hydrogen) atoms. The van der Waals surface area contributed by atoms with Gasteiger partial charge in [-0.2, -0.15) is 0 Å². The van der Waals surface area contributed by atoms with Crippen LogP contribution in [-0.2, 0) is 0 Å². The van der Waals surface area contributed by atoms with E-state index in [0.29, 0.717) is 11.6 Å². The van der Waals surface area contributed by atoms with Crippen molar-refractivity contribution < 1.29 is 4.79 Å². The van der Waals surface area contributed by atoms with Crippen molar-refractivity contribution in [2.45, 2.75) is 12.8 Å². The van der Waals surface area contributed by atoms with Crippen LogP contribution in [0.4, 0.5) is 16.2 Å². The highest BCUT2D eigenvalue weighted by Gasteiger charge is 2.17. The van der Waals surface area contributed by atoms with Crippen LogP contribution in [0, 0.1) is 0 Å². The van der Waals surface area contributed by atoms with E-state index in [0.717, 1.165) is 31.0 Å². The second-order valence-corrected chi connectivity index (χ2v) is 5.98. The zero-order chi connectivity index (χ0) is 15.2. The Hall–Kier alpha value is -1.46. The normalized spacial score (nSPS) is 14.6. The van der Waals surface area contributed by atoms with Crippen molar-refractivity contribution in [2.24, 2.45) is 0 Å². The first kappa shape index (κ1) is 15.9. The smallest absolute Gasteiger partial charge is 0.319 e. The second-order valence-electron chi connectivity index (χ2n) is 5.54. The van der Waals surface area contributed by atoms with E-state index < -0.39 is 0 Å². The molecule has 6 heteroatoms. The van der Waals surface area contributed by atoms with Gasteiger partial charge in [0.2, 0.25) is 0 Å². The molecule has 1 fully saturated rings. The van der Waals surface area contributed by atoms with Crippen molar-refractivity contribution >= 4 is 29.0 Å². The highest BCUT2D eigenvalue weighted by Crippen LogP contribution is 2.31. The van der Waals surface area contributed by atoms with Crippen LogP contribution in [0.1, 0.15) is 12.8 Å². The largest absolute Gasteiger partial charge is 0.370 e. The SMILES string of the molecule is CN(C)CCNC(=O)Nc1cc(Cl)ccc1N1CCCC1. The van der Waals surface area contributed by atoms with Crippen molar-refractivity contribution in [3.63, 3.8) is 0 Å². The molecule has 1 saturated heterocycles. The molecule has 0 unspecified atom stereocenters. The van der Waals surface area contributed by atoms with Crippen molar-refractivity contribution in [1.29, 1.82) is 0 Å². The first-order valence-corrected chi connectivity index (χ1v) is 7.68. The summed E-state index contributed by atoms with van der Waals surface area (Å²) in [6, 6.07) is 5.45. The number of likely N-dealkylation sites (N-methyl/N-ethyl adjacent to an activating group) is 1. The van der Waals surface area contributed by atoms with Crippen LogP contribution in [0.15, 0.2) is 18.2 Å². The van der Waals surface area contributed by atoms with Crippen LogP contribution in [-0.4, -0.2) is 51.2 Å². The molecule has 2 amide bonds. The van der Waals surface area contributed by atoms with Crippen LogP contribution in [0.25, 0.3) is 0 Å². The Morgan fingerprint density at radius 2 is 2.05 bits per heavy atom. The highest BCUT2D eigenvalue weighted by molar-refractivity contribution is 6.31. The van der Waals surface area contributed by atoms with Gasteiger partial charge >= 0.3 is 6.03 Å². The number of halogens is 1. The molecule has 1 heterocycles. The zero-order valence-electron chi connectivity index (χ0n) is 12.7. The predicted octanol–water partition coefficient (Wildman–Crippen LogP) is 2.62. The summed E-state index contributed by atoms with van der Waals surface area (Å²) in [7, 11) is 3.95. The molecule has 0 saturated carbocycles. The minimum absolute atomic E-state index is 0.195. The molecule has 0 bridgehead atoms. The van der Waals surface area contributed by atoms with E-state index in [1.54, 1.807) is 6.07 Å². The van der Waals surface area contributed by atoms with Gasteiger partial charge in [-0.1, -0.05) is 11.6 Å². The van der Waals surface area contributed by atoms with Crippen molar-refractivity contribution in [2.75, 3.05) is 50.5 Å². The molecular formula is C15H23ClN4O. The van der Waals surface area contributed by atoms with Gasteiger partial charge in [0.05, 0.1) is 11.4 Å². The van der Waals surface area contributed by atoms with Gasteiger partial charge in [-0.25, -0.2) is 4.79 Å². The lowest BCUT2D eigenvalue weighted by molar-refractivity contribution is 0.250. The minimum atomic E-state index is -0.195. The summed E-state index contributed by atoms with van der Waals surface area (Å²) in [6.07, 6.45) is 2.38. The Labute approximate surface area is 131 Å². The summed E-state index contributed by atoms with van der Waals surface area (Å²) in [5, 5.41) is 6.38. The molecule has 0 aliphatic carbocycles. The number of rotatable bonds is 5. The summed E-state index contributed by atoms with van der Waals surface area (Å²) in [6.45, 7) is 3.47. The number of carbonyl (C=O) groups excluding carboxylic acids is 1. The average molecular weight is 311 g/mol. The predicted molar refractivity (Wildman–Crippen MR) is 88.5 cm³/mol. The van der Waals surface area contributed by atoms with E-state index in [9.17, 15) is 4.79 Å². The first-order valence-electron chi connectivity index (χ1n) is 7.30. The van der Waals surface area contributed by atoms with E-state index in [2.05, 4.69) is 15.5 Å². The maximum atomic E-state index is 12.0. The van der Waals surface area contributed by atoms with Crippen molar-refractivity contribution in [3.8, 4) is 0 Å². The van der Waals surface area contributed by atoms with E-state index in [-0.39, 0.29) is 6.03 Å². The van der Waals surface area contributed by atoms with Crippen LogP contribution in [0.3, 0.4) is 0 Å². The fourth-order valence-corrected chi connectivity index (χ4v) is 2.57. The standard InChI is InChI=1S/C15H23ClN4O/c1-19(2)10-7-17-15(21)18-13-11-12(16)5-6-14(13)20-8-3-4-9-20/h5-6,11H,3-4,7-10H2,1-2H3,(H2,17,18,21). The molecule has 0 atom stereocenters. The Morgan fingerprint density at radius 1 is 1.33 bits per heavy atom. The maximum Gasteiger partial charge on any atom is 0.319 e. The number of hydrogen-bond acceptors (Lipinski definition) is 3. The number of hydrogen-bond donors (Lipinski definition) is 2. The lowest BCUT2D eigenvalue weighted by Gasteiger charge is -2.22. The van der Waals surface area contributed by atoms with Gasteiger partial charge < -0.3 is 20.4 Å². The summed E-state index contributed by atoms with van der Waals surface area (Å²) < 4.78 is 0. The topological polar surface area (TPSA) is 47.6 Å². The van der Waals surface area contributed by atoms with Crippen molar-refractivity contribution in [3.05, 3.63) is 23.2 Å². The molecule has 1 aromatic carbocycles. The van der Waals surface area contributed by atoms with Gasteiger partial charge in [0, 0.05) is 31.2 Å². The van der Waals surface area contributed by atoms with Crippen LogP contribution in [0.5, 0.6) is 0 Å². The monoisotopic (exact) mass is 310 g/mol. The summed E-state index contributed by atoms with van der Waals surface area (Å²) in [4.78, 5) is 16.3.